The van der Waals surface area contributed by atoms with Gasteiger partial charge in [0, 0.05) is 5.69 Å². The number of carbonyl (C=O) groups is 2. The second-order valence-corrected chi connectivity index (χ2v) is 5.08. The SMILES string of the molecule is COC(=O)c1ccc2c(c1)CC(=O)N2c1ccc(C)cc1. The second kappa shape index (κ2) is 5.05. The number of methoxy groups -OCH3 is 1. The summed E-state index contributed by atoms with van der Waals surface area (Å²) in [5.74, 6) is -0.380. The Morgan fingerprint density at radius 2 is 1.86 bits per heavy atom. The van der Waals surface area contributed by atoms with Crippen LogP contribution in [0.5, 0.6) is 0 Å². The zero-order valence-electron chi connectivity index (χ0n) is 11.9. The third-order valence-electron chi connectivity index (χ3n) is 3.62. The van der Waals surface area contributed by atoms with Crippen molar-refractivity contribution in [3.8, 4) is 0 Å². The lowest BCUT2D eigenvalue weighted by Crippen LogP contribution is -2.20. The van der Waals surface area contributed by atoms with Crippen LogP contribution >= 0.6 is 0 Å². The van der Waals surface area contributed by atoms with Crippen LogP contribution < -0.4 is 4.90 Å². The minimum atomic E-state index is -0.390. The molecule has 1 amide bonds. The number of ether oxygens (including phenoxy) is 1. The number of amides is 1. The number of rotatable bonds is 2. The van der Waals surface area contributed by atoms with Crippen LogP contribution in [0.2, 0.25) is 0 Å². The molecule has 4 nitrogen and oxygen atoms in total. The van der Waals surface area contributed by atoms with Crippen molar-refractivity contribution in [3.63, 3.8) is 0 Å². The van der Waals surface area contributed by atoms with Crippen LogP contribution in [0.15, 0.2) is 42.5 Å². The van der Waals surface area contributed by atoms with Gasteiger partial charge in [-0.3, -0.25) is 9.69 Å². The van der Waals surface area contributed by atoms with Crippen molar-refractivity contribution in [2.24, 2.45) is 0 Å². The fraction of sp³-hybridized carbons (Fsp3) is 0.176. The van der Waals surface area contributed by atoms with E-state index in [1.165, 1.54) is 7.11 Å². The average Bonchev–Trinajstić information content (AvgIpc) is 2.82. The van der Waals surface area contributed by atoms with E-state index in [0.29, 0.717) is 12.0 Å². The lowest BCUT2D eigenvalue weighted by Gasteiger charge is -2.18. The van der Waals surface area contributed by atoms with Gasteiger partial charge < -0.3 is 4.74 Å². The zero-order valence-corrected chi connectivity index (χ0v) is 11.9. The van der Waals surface area contributed by atoms with Crippen molar-refractivity contribution in [1.82, 2.24) is 0 Å². The summed E-state index contributed by atoms with van der Waals surface area (Å²) in [5.41, 5.74) is 4.14. The van der Waals surface area contributed by atoms with E-state index >= 15 is 0 Å². The van der Waals surface area contributed by atoms with Gasteiger partial charge in [-0.05, 0) is 42.8 Å². The van der Waals surface area contributed by atoms with Crippen LogP contribution in [0.25, 0.3) is 0 Å². The number of hydrogen-bond donors (Lipinski definition) is 0. The van der Waals surface area contributed by atoms with E-state index in [1.807, 2.05) is 31.2 Å². The minimum Gasteiger partial charge on any atom is -0.465 e. The van der Waals surface area contributed by atoms with Crippen molar-refractivity contribution in [1.29, 1.82) is 0 Å². The van der Waals surface area contributed by atoms with E-state index in [0.717, 1.165) is 22.5 Å². The van der Waals surface area contributed by atoms with Crippen LogP contribution in [0.1, 0.15) is 21.5 Å². The van der Waals surface area contributed by atoms with Gasteiger partial charge in [0.15, 0.2) is 0 Å². The first-order valence-electron chi connectivity index (χ1n) is 6.71. The van der Waals surface area contributed by atoms with E-state index in [-0.39, 0.29) is 11.9 Å². The maximum absolute atomic E-state index is 12.3. The summed E-state index contributed by atoms with van der Waals surface area (Å²) < 4.78 is 4.71. The Morgan fingerprint density at radius 3 is 2.52 bits per heavy atom. The van der Waals surface area contributed by atoms with Crippen LogP contribution in [0.4, 0.5) is 11.4 Å². The summed E-state index contributed by atoms with van der Waals surface area (Å²) in [6.45, 7) is 2.01. The summed E-state index contributed by atoms with van der Waals surface area (Å²) in [7, 11) is 1.35. The molecule has 2 aromatic carbocycles. The van der Waals surface area contributed by atoms with Crippen molar-refractivity contribution in [3.05, 3.63) is 59.2 Å². The molecule has 1 heterocycles. The first kappa shape index (κ1) is 13.4. The Morgan fingerprint density at radius 1 is 1.14 bits per heavy atom. The lowest BCUT2D eigenvalue weighted by atomic mass is 10.1. The molecule has 0 saturated heterocycles. The first-order chi connectivity index (χ1) is 10.1. The highest BCUT2D eigenvalue weighted by atomic mass is 16.5. The average molecular weight is 281 g/mol. The molecule has 21 heavy (non-hydrogen) atoms. The highest BCUT2D eigenvalue weighted by Crippen LogP contribution is 2.36. The first-order valence-corrected chi connectivity index (χ1v) is 6.71. The third kappa shape index (κ3) is 2.29. The van der Waals surface area contributed by atoms with Gasteiger partial charge in [0.2, 0.25) is 5.91 Å². The van der Waals surface area contributed by atoms with Gasteiger partial charge in [0.05, 0.1) is 24.8 Å². The number of esters is 1. The highest BCUT2D eigenvalue weighted by molar-refractivity contribution is 6.08. The number of carbonyl (C=O) groups excluding carboxylic acids is 2. The summed E-state index contributed by atoms with van der Waals surface area (Å²) in [6.07, 6.45) is 0.300. The number of fused-ring (bicyclic) bond motifs is 1. The second-order valence-electron chi connectivity index (χ2n) is 5.08. The fourth-order valence-electron chi connectivity index (χ4n) is 2.54. The predicted molar refractivity (Wildman–Crippen MR) is 79.8 cm³/mol. The number of aryl methyl sites for hydroxylation is 1. The molecule has 0 aliphatic carbocycles. The molecule has 1 aliphatic rings. The molecule has 0 bridgehead atoms. The number of nitrogens with zero attached hydrogens (tertiary/aromatic N) is 1. The summed E-state index contributed by atoms with van der Waals surface area (Å²) >= 11 is 0. The molecule has 2 aromatic rings. The standard InChI is InChI=1S/C17H15NO3/c1-11-3-6-14(7-4-11)18-15-8-5-12(17(20)21-2)9-13(15)10-16(18)19/h3-9H,10H2,1-2H3. The van der Waals surface area contributed by atoms with Gasteiger partial charge in [-0.2, -0.15) is 0 Å². The largest absolute Gasteiger partial charge is 0.465 e. The number of anilines is 2. The minimum absolute atomic E-state index is 0.0101. The van der Waals surface area contributed by atoms with Crippen LogP contribution in [0.3, 0.4) is 0 Å². The zero-order chi connectivity index (χ0) is 15.0. The molecule has 0 atom stereocenters. The Hall–Kier alpha value is -2.62. The van der Waals surface area contributed by atoms with Gasteiger partial charge in [-0.1, -0.05) is 17.7 Å². The Bertz CT molecular complexity index is 719. The Kier molecular flexibility index (Phi) is 3.22. The lowest BCUT2D eigenvalue weighted by molar-refractivity contribution is -0.116. The molecule has 106 valence electrons. The van der Waals surface area contributed by atoms with Crippen molar-refractivity contribution < 1.29 is 14.3 Å². The molecular weight excluding hydrogens is 266 g/mol. The molecule has 4 heteroatoms. The topological polar surface area (TPSA) is 46.6 Å². The van der Waals surface area contributed by atoms with Gasteiger partial charge in [-0.25, -0.2) is 4.79 Å². The maximum Gasteiger partial charge on any atom is 0.337 e. The van der Waals surface area contributed by atoms with Crippen LogP contribution in [0, 0.1) is 6.92 Å². The molecule has 0 aromatic heterocycles. The molecule has 0 spiro atoms. The molecule has 0 fully saturated rings. The predicted octanol–water partition coefficient (Wildman–Crippen LogP) is 3.00. The molecule has 0 radical (unpaired) electrons. The summed E-state index contributed by atoms with van der Waals surface area (Å²) in [4.78, 5) is 25.5. The summed E-state index contributed by atoms with van der Waals surface area (Å²) in [5, 5.41) is 0. The molecule has 3 rings (SSSR count). The molecule has 1 aliphatic heterocycles. The van der Waals surface area contributed by atoms with Crippen molar-refractivity contribution >= 4 is 23.3 Å². The van der Waals surface area contributed by atoms with E-state index in [9.17, 15) is 9.59 Å². The summed E-state index contributed by atoms with van der Waals surface area (Å²) in [6, 6.07) is 13.0. The van der Waals surface area contributed by atoms with E-state index in [4.69, 9.17) is 4.74 Å². The van der Waals surface area contributed by atoms with E-state index < -0.39 is 0 Å². The van der Waals surface area contributed by atoms with Crippen molar-refractivity contribution in [2.75, 3.05) is 12.0 Å². The molecule has 0 saturated carbocycles. The van der Waals surface area contributed by atoms with Crippen LogP contribution in [-0.4, -0.2) is 19.0 Å². The number of hydrogen-bond acceptors (Lipinski definition) is 3. The van der Waals surface area contributed by atoms with Gasteiger partial charge in [-0.15, -0.1) is 0 Å². The maximum atomic E-state index is 12.3. The van der Waals surface area contributed by atoms with Gasteiger partial charge >= 0.3 is 5.97 Å². The van der Waals surface area contributed by atoms with Crippen molar-refractivity contribution in [2.45, 2.75) is 13.3 Å². The smallest absolute Gasteiger partial charge is 0.337 e. The fourth-order valence-corrected chi connectivity index (χ4v) is 2.54. The van der Waals surface area contributed by atoms with Gasteiger partial charge in [0.1, 0.15) is 0 Å². The van der Waals surface area contributed by atoms with Crippen LogP contribution in [-0.2, 0) is 16.0 Å². The Balaban J connectivity index is 2.02. The van der Waals surface area contributed by atoms with E-state index in [1.54, 1.807) is 23.1 Å². The third-order valence-corrected chi connectivity index (χ3v) is 3.62. The normalized spacial score (nSPS) is 13.2. The quantitative estimate of drug-likeness (QED) is 0.795. The molecule has 0 N–H and O–H groups in total. The highest BCUT2D eigenvalue weighted by Gasteiger charge is 2.29. The molecule has 0 unspecified atom stereocenters. The number of benzene rings is 2. The molecular formula is C17H15NO3. The van der Waals surface area contributed by atoms with Gasteiger partial charge in [0.25, 0.3) is 0 Å². The monoisotopic (exact) mass is 281 g/mol. The Labute approximate surface area is 123 Å². The van der Waals surface area contributed by atoms with E-state index in [2.05, 4.69) is 0 Å².